The Morgan fingerprint density at radius 3 is 2.87 bits per heavy atom. The quantitative estimate of drug-likeness (QED) is 0.778. The summed E-state index contributed by atoms with van der Waals surface area (Å²) in [4.78, 5) is 42.7. The monoisotopic (exact) mass is 425 g/mol. The summed E-state index contributed by atoms with van der Waals surface area (Å²) in [6.45, 7) is 2.70. The summed E-state index contributed by atoms with van der Waals surface area (Å²) in [7, 11) is 0. The van der Waals surface area contributed by atoms with E-state index in [0.717, 1.165) is 5.56 Å². The number of hydrogen-bond donors (Lipinski definition) is 2. The zero-order valence-corrected chi connectivity index (χ0v) is 16.7. The molecule has 2 saturated heterocycles. The molecule has 0 radical (unpaired) electrons. The minimum atomic E-state index is -0.541. The van der Waals surface area contributed by atoms with Gasteiger partial charge in [0.2, 0.25) is 5.91 Å². The number of fused-ring (bicyclic) bond motifs is 3. The second-order valence-corrected chi connectivity index (χ2v) is 7.75. The van der Waals surface area contributed by atoms with Crippen LogP contribution >= 0.6 is 0 Å². The van der Waals surface area contributed by atoms with Gasteiger partial charge in [-0.25, -0.2) is 19.0 Å². The highest BCUT2D eigenvalue weighted by Crippen LogP contribution is 2.41. The maximum atomic E-state index is 15.0. The van der Waals surface area contributed by atoms with Gasteiger partial charge in [0.15, 0.2) is 0 Å². The van der Waals surface area contributed by atoms with Crippen LogP contribution < -0.4 is 20.4 Å². The predicted octanol–water partition coefficient (Wildman–Crippen LogP) is 1.80. The number of nitrogens with one attached hydrogen (secondary N) is 2. The Balaban J connectivity index is 1.41. The van der Waals surface area contributed by atoms with Crippen molar-refractivity contribution in [1.82, 2.24) is 15.6 Å². The number of cyclic esters (lactones) is 1. The van der Waals surface area contributed by atoms with Gasteiger partial charge in [-0.2, -0.15) is 0 Å². The highest BCUT2D eigenvalue weighted by atomic mass is 19.1. The fourth-order valence-corrected chi connectivity index (χ4v) is 4.33. The molecule has 9 nitrogen and oxygen atoms in total. The summed E-state index contributed by atoms with van der Waals surface area (Å²) in [5, 5.41) is 5.38. The molecule has 0 bridgehead atoms. The van der Waals surface area contributed by atoms with E-state index in [1.54, 1.807) is 18.2 Å². The lowest BCUT2D eigenvalue weighted by atomic mass is 10.00. The lowest BCUT2D eigenvalue weighted by Gasteiger charge is -2.16. The van der Waals surface area contributed by atoms with Gasteiger partial charge >= 0.3 is 12.1 Å². The van der Waals surface area contributed by atoms with Crippen LogP contribution in [0, 0.1) is 5.82 Å². The van der Waals surface area contributed by atoms with Crippen molar-refractivity contribution in [2.45, 2.75) is 25.5 Å². The first-order chi connectivity index (χ1) is 14.9. The molecule has 2 fully saturated rings. The summed E-state index contributed by atoms with van der Waals surface area (Å²) in [6.07, 6.45) is 0.998. The third-order valence-electron chi connectivity index (χ3n) is 5.81. The SMILES string of the molecule is CC(=O)NC[C@@H]1OC(=O)N2c3cc(F)c(-c4ccc(N5CCNC5=O)nc4)cc3C[C@@H]12. The second kappa shape index (κ2) is 7.22. The van der Waals surface area contributed by atoms with Gasteiger partial charge in [0.1, 0.15) is 17.7 Å². The molecule has 4 heterocycles. The van der Waals surface area contributed by atoms with Crippen LogP contribution in [0.15, 0.2) is 30.5 Å². The number of nitrogens with zero attached hydrogens (tertiary/aromatic N) is 3. The van der Waals surface area contributed by atoms with Crippen LogP contribution in [0.3, 0.4) is 0 Å². The Bertz CT molecular complexity index is 1090. The number of anilines is 2. The number of pyridine rings is 1. The van der Waals surface area contributed by atoms with Crippen molar-refractivity contribution in [2.75, 3.05) is 29.4 Å². The molecular formula is C21H20FN5O4. The van der Waals surface area contributed by atoms with E-state index in [1.807, 2.05) is 0 Å². The number of rotatable bonds is 4. The average Bonchev–Trinajstić information content (AvgIpc) is 3.41. The molecule has 2 N–H and O–H groups in total. The van der Waals surface area contributed by atoms with Crippen LogP contribution in [-0.2, 0) is 16.0 Å². The van der Waals surface area contributed by atoms with E-state index < -0.39 is 18.0 Å². The third-order valence-corrected chi connectivity index (χ3v) is 5.81. The molecule has 2 aromatic rings. The maximum absolute atomic E-state index is 15.0. The van der Waals surface area contributed by atoms with Crippen molar-refractivity contribution >= 4 is 29.5 Å². The molecule has 3 aliphatic rings. The Morgan fingerprint density at radius 1 is 1.35 bits per heavy atom. The molecule has 1 aromatic heterocycles. The van der Waals surface area contributed by atoms with Crippen molar-refractivity contribution in [3.63, 3.8) is 0 Å². The first-order valence-electron chi connectivity index (χ1n) is 10.0. The molecular weight excluding hydrogens is 405 g/mol. The lowest BCUT2D eigenvalue weighted by Crippen LogP contribution is -2.40. The minimum Gasteiger partial charge on any atom is -0.442 e. The molecule has 160 valence electrons. The number of aromatic nitrogens is 1. The number of ether oxygens (including phenoxy) is 1. The fourth-order valence-electron chi connectivity index (χ4n) is 4.33. The van der Waals surface area contributed by atoms with Gasteiger partial charge in [-0.05, 0) is 36.2 Å². The van der Waals surface area contributed by atoms with Crippen LogP contribution in [0.1, 0.15) is 12.5 Å². The number of hydrogen-bond acceptors (Lipinski definition) is 5. The molecule has 0 unspecified atom stereocenters. The zero-order chi connectivity index (χ0) is 21.7. The highest BCUT2D eigenvalue weighted by Gasteiger charge is 2.47. The van der Waals surface area contributed by atoms with E-state index in [0.29, 0.717) is 42.1 Å². The van der Waals surface area contributed by atoms with Crippen LogP contribution in [0.5, 0.6) is 0 Å². The van der Waals surface area contributed by atoms with E-state index in [-0.39, 0.29) is 24.5 Å². The van der Waals surface area contributed by atoms with Crippen LogP contribution in [0.2, 0.25) is 0 Å². The Labute approximate surface area is 177 Å². The lowest BCUT2D eigenvalue weighted by molar-refractivity contribution is -0.119. The molecule has 0 aliphatic carbocycles. The number of carbonyl (C=O) groups excluding carboxylic acids is 3. The third kappa shape index (κ3) is 3.24. The molecule has 4 amide bonds. The second-order valence-electron chi connectivity index (χ2n) is 7.75. The number of amides is 4. The number of urea groups is 1. The van der Waals surface area contributed by atoms with Crippen molar-refractivity contribution in [1.29, 1.82) is 0 Å². The van der Waals surface area contributed by atoms with Crippen LogP contribution in [-0.4, -0.2) is 54.8 Å². The van der Waals surface area contributed by atoms with Gasteiger partial charge < -0.3 is 15.4 Å². The number of carbonyl (C=O) groups is 3. The van der Waals surface area contributed by atoms with Gasteiger partial charge in [0.05, 0.1) is 18.3 Å². The van der Waals surface area contributed by atoms with E-state index in [9.17, 15) is 18.8 Å². The van der Waals surface area contributed by atoms with Crippen molar-refractivity contribution in [3.05, 3.63) is 41.8 Å². The molecule has 31 heavy (non-hydrogen) atoms. The van der Waals surface area contributed by atoms with Crippen molar-refractivity contribution in [3.8, 4) is 11.1 Å². The molecule has 5 rings (SSSR count). The Morgan fingerprint density at radius 2 is 2.19 bits per heavy atom. The molecule has 1 aromatic carbocycles. The molecule has 0 saturated carbocycles. The first-order valence-corrected chi connectivity index (χ1v) is 10.0. The zero-order valence-electron chi connectivity index (χ0n) is 16.7. The Kier molecular flexibility index (Phi) is 4.49. The summed E-state index contributed by atoms with van der Waals surface area (Å²) >= 11 is 0. The van der Waals surface area contributed by atoms with E-state index >= 15 is 0 Å². The standard InChI is InChI=1S/C21H20FN5O4/c1-11(28)24-10-18-17-7-13-6-14(15(22)8-16(13)27(17)21(30)31-18)12-2-3-19(25-9-12)26-5-4-23-20(26)29/h2-3,6,8-9,17-18H,4-5,7,10H2,1H3,(H,23,29)(H,24,28)/t17-,18-/m0/s1. The van der Waals surface area contributed by atoms with Gasteiger partial charge in [0.25, 0.3) is 0 Å². The van der Waals surface area contributed by atoms with Crippen LogP contribution in [0.25, 0.3) is 11.1 Å². The van der Waals surface area contributed by atoms with E-state index in [1.165, 1.54) is 29.0 Å². The predicted molar refractivity (Wildman–Crippen MR) is 109 cm³/mol. The molecule has 3 aliphatic heterocycles. The smallest absolute Gasteiger partial charge is 0.415 e. The first kappa shape index (κ1) is 19.3. The normalized spacial score (nSPS) is 21.6. The fraction of sp³-hybridized carbons (Fsp3) is 0.333. The van der Waals surface area contributed by atoms with E-state index in [4.69, 9.17) is 4.74 Å². The minimum absolute atomic E-state index is 0.203. The molecule has 10 heteroatoms. The topological polar surface area (TPSA) is 104 Å². The van der Waals surface area contributed by atoms with Gasteiger partial charge in [-0.3, -0.25) is 14.6 Å². The molecule has 2 atom stereocenters. The van der Waals surface area contributed by atoms with E-state index in [2.05, 4.69) is 15.6 Å². The van der Waals surface area contributed by atoms with Gasteiger partial charge in [-0.1, -0.05) is 0 Å². The summed E-state index contributed by atoms with van der Waals surface area (Å²) in [5.74, 6) is -0.184. The van der Waals surface area contributed by atoms with Gasteiger partial charge in [0, 0.05) is 37.3 Å². The largest absolute Gasteiger partial charge is 0.442 e. The van der Waals surface area contributed by atoms with Crippen LogP contribution in [0.4, 0.5) is 25.5 Å². The summed E-state index contributed by atoms with van der Waals surface area (Å²) in [6, 6.07) is 5.98. The summed E-state index contributed by atoms with van der Waals surface area (Å²) < 4.78 is 20.4. The van der Waals surface area contributed by atoms with Gasteiger partial charge in [-0.15, -0.1) is 0 Å². The number of halogens is 1. The van der Waals surface area contributed by atoms with Crippen molar-refractivity contribution in [2.24, 2.45) is 0 Å². The summed E-state index contributed by atoms with van der Waals surface area (Å²) in [5.41, 5.74) is 2.26. The van der Waals surface area contributed by atoms with Crippen molar-refractivity contribution < 1.29 is 23.5 Å². The Hall–Kier alpha value is -3.69. The maximum Gasteiger partial charge on any atom is 0.415 e. The molecule has 0 spiro atoms. The number of benzene rings is 1. The average molecular weight is 425 g/mol. The highest BCUT2D eigenvalue weighted by molar-refractivity contribution is 5.95.